The normalized spacial score (nSPS) is 19.6. The van der Waals surface area contributed by atoms with Gasteiger partial charge in [-0.2, -0.15) is 5.10 Å². The monoisotopic (exact) mass is 231 g/mol. The molecule has 5 heteroatoms. The molecule has 0 radical (unpaired) electrons. The molecule has 2 aromatic rings. The molecular weight excluding hydrogens is 218 g/mol. The van der Waals surface area contributed by atoms with E-state index in [0.717, 1.165) is 16.7 Å². The summed E-state index contributed by atoms with van der Waals surface area (Å²) in [7, 11) is 0. The molecule has 1 saturated heterocycles. The zero-order valence-electron chi connectivity index (χ0n) is 9.22. The second-order valence-corrected chi connectivity index (χ2v) is 3.96. The highest BCUT2D eigenvalue weighted by atomic mass is 16.7. The van der Waals surface area contributed by atoms with E-state index in [9.17, 15) is 0 Å². The van der Waals surface area contributed by atoms with Crippen LogP contribution in [0, 0.1) is 0 Å². The second-order valence-electron chi connectivity index (χ2n) is 3.96. The summed E-state index contributed by atoms with van der Waals surface area (Å²) in [6.45, 7) is 0.994. The van der Waals surface area contributed by atoms with Crippen LogP contribution in [-0.2, 0) is 9.47 Å². The molecule has 2 heterocycles. The summed E-state index contributed by atoms with van der Waals surface area (Å²) in [5.74, 6) is 0.582. The minimum atomic E-state index is 0.0470. The number of nitrogen functional groups attached to an aromatic ring is 1. The first-order valence-corrected chi connectivity index (χ1v) is 5.43. The van der Waals surface area contributed by atoms with Crippen molar-refractivity contribution in [2.24, 2.45) is 0 Å². The van der Waals surface area contributed by atoms with Crippen LogP contribution in [0.3, 0.4) is 0 Å². The van der Waals surface area contributed by atoms with Gasteiger partial charge in [0.25, 0.3) is 0 Å². The number of nitrogens with two attached hydrogens (primary N) is 1. The predicted octanol–water partition coefficient (Wildman–Crippen LogP) is 1.70. The molecule has 1 aliphatic heterocycles. The Morgan fingerprint density at radius 2 is 2.12 bits per heavy atom. The fourth-order valence-corrected chi connectivity index (χ4v) is 1.93. The van der Waals surface area contributed by atoms with E-state index in [1.807, 2.05) is 24.3 Å². The van der Waals surface area contributed by atoms with Crippen LogP contribution in [0.15, 0.2) is 30.5 Å². The number of ether oxygens (including phenoxy) is 2. The van der Waals surface area contributed by atoms with Gasteiger partial charge in [0.2, 0.25) is 0 Å². The molecule has 3 N–H and O–H groups in total. The summed E-state index contributed by atoms with van der Waals surface area (Å²) >= 11 is 0. The molecule has 88 valence electrons. The second kappa shape index (κ2) is 4.20. The van der Waals surface area contributed by atoms with E-state index in [1.54, 1.807) is 6.20 Å². The summed E-state index contributed by atoms with van der Waals surface area (Å²) in [5.41, 5.74) is 8.85. The van der Waals surface area contributed by atoms with Gasteiger partial charge in [0, 0.05) is 5.56 Å². The van der Waals surface area contributed by atoms with E-state index in [0.29, 0.717) is 19.2 Å². The van der Waals surface area contributed by atoms with E-state index in [1.165, 1.54) is 0 Å². The Bertz CT molecular complexity index is 501. The molecule has 3 rings (SSSR count). The lowest BCUT2D eigenvalue weighted by Gasteiger charge is -2.08. The molecule has 17 heavy (non-hydrogen) atoms. The topological polar surface area (TPSA) is 73.2 Å². The van der Waals surface area contributed by atoms with E-state index >= 15 is 0 Å². The minimum absolute atomic E-state index is 0.0470. The maximum absolute atomic E-state index is 5.77. The Morgan fingerprint density at radius 1 is 1.29 bits per heavy atom. The van der Waals surface area contributed by atoms with Crippen molar-refractivity contribution in [3.63, 3.8) is 0 Å². The van der Waals surface area contributed by atoms with Gasteiger partial charge >= 0.3 is 0 Å². The maximum Gasteiger partial charge on any atom is 0.147 e. The molecule has 1 fully saturated rings. The Morgan fingerprint density at radius 3 is 2.71 bits per heavy atom. The van der Waals surface area contributed by atoms with Crippen LogP contribution in [0.1, 0.15) is 11.7 Å². The first-order chi connectivity index (χ1) is 8.34. The first kappa shape index (κ1) is 10.3. The number of hydrogen-bond acceptors (Lipinski definition) is 4. The zero-order chi connectivity index (χ0) is 11.7. The maximum atomic E-state index is 5.77. The number of aromatic amines is 1. The molecule has 1 aliphatic rings. The number of rotatable bonds is 2. The van der Waals surface area contributed by atoms with Gasteiger partial charge in [-0.15, -0.1) is 0 Å². The van der Waals surface area contributed by atoms with Crippen molar-refractivity contribution >= 4 is 5.82 Å². The molecule has 0 saturated carbocycles. The fraction of sp³-hybridized carbons (Fsp3) is 0.250. The first-order valence-electron chi connectivity index (χ1n) is 5.43. The average molecular weight is 231 g/mol. The SMILES string of the molecule is Nc1[nH]ncc1-c1ccc(C2COCO2)cc1. The molecule has 1 aromatic heterocycles. The van der Waals surface area contributed by atoms with E-state index < -0.39 is 0 Å². The largest absolute Gasteiger partial charge is 0.384 e. The molecular formula is C12H13N3O2. The summed E-state index contributed by atoms with van der Waals surface area (Å²) in [4.78, 5) is 0. The Kier molecular flexibility index (Phi) is 2.55. The summed E-state index contributed by atoms with van der Waals surface area (Å²) in [6.07, 6.45) is 1.77. The molecule has 0 bridgehead atoms. The molecule has 1 atom stereocenters. The van der Waals surface area contributed by atoms with Gasteiger partial charge in [-0.1, -0.05) is 24.3 Å². The highest BCUT2D eigenvalue weighted by molar-refractivity contribution is 5.73. The van der Waals surface area contributed by atoms with Gasteiger partial charge in [0.15, 0.2) is 0 Å². The van der Waals surface area contributed by atoms with E-state index in [4.69, 9.17) is 15.2 Å². The van der Waals surface area contributed by atoms with Crippen molar-refractivity contribution in [3.05, 3.63) is 36.0 Å². The number of nitrogens with zero attached hydrogens (tertiary/aromatic N) is 1. The van der Waals surface area contributed by atoms with Gasteiger partial charge in [-0.25, -0.2) is 0 Å². The number of nitrogens with one attached hydrogen (secondary N) is 1. The summed E-state index contributed by atoms with van der Waals surface area (Å²) in [5, 5.41) is 6.62. The Hall–Kier alpha value is -1.85. The van der Waals surface area contributed by atoms with E-state index in [2.05, 4.69) is 10.2 Å². The zero-order valence-corrected chi connectivity index (χ0v) is 9.22. The summed E-state index contributed by atoms with van der Waals surface area (Å²) in [6, 6.07) is 8.08. The van der Waals surface area contributed by atoms with Crippen LogP contribution in [0.25, 0.3) is 11.1 Å². The molecule has 0 aliphatic carbocycles. The lowest BCUT2D eigenvalue weighted by Crippen LogP contribution is -1.99. The van der Waals surface area contributed by atoms with Crippen molar-refractivity contribution in [2.75, 3.05) is 19.1 Å². The minimum Gasteiger partial charge on any atom is -0.384 e. The number of aromatic nitrogens is 2. The van der Waals surface area contributed by atoms with Crippen LogP contribution >= 0.6 is 0 Å². The van der Waals surface area contributed by atoms with Gasteiger partial charge in [-0.3, -0.25) is 5.10 Å². The quantitative estimate of drug-likeness (QED) is 0.825. The molecule has 1 unspecified atom stereocenters. The van der Waals surface area contributed by atoms with Crippen molar-refractivity contribution in [1.82, 2.24) is 10.2 Å². The molecule has 1 aromatic carbocycles. The predicted molar refractivity (Wildman–Crippen MR) is 63.1 cm³/mol. The van der Waals surface area contributed by atoms with Crippen molar-refractivity contribution < 1.29 is 9.47 Å². The smallest absolute Gasteiger partial charge is 0.147 e. The number of anilines is 1. The standard InChI is InChI=1S/C12H13N3O2/c13-12-10(5-14-15-12)8-1-3-9(4-2-8)11-6-16-7-17-11/h1-5,11H,6-7H2,(H3,13,14,15). The molecule has 0 amide bonds. The third-order valence-corrected chi connectivity index (χ3v) is 2.88. The Labute approximate surface area is 98.5 Å². The molecule has 5 nitrogen and oxygen atoms in total. The lowest BCUT2D eigenvalue weighted by atomic mass is 10.0. The van der Waals surface area contributed by atoms with Gasteiger partial charge in [0.1, 0.15) is 18.7 Å². The van der Waals surface area contributed by atoms with Gasteiger partial charge in [-0.05, 0) is 11.1 Å². The highest BCUT2D eigenvalue weighted by Crippen LogP contribution is 2.27. The highest BCUT2D eigenvalue weighted by Gasteiger charge is 2.18. The van der Waals surface area contributed by atoms with Gasteiger partial charge < -0.3 is 15.2 Å². The van der Waals surface area contributed by atoms with Crippen LogP contribution in [0.5, 0.6) is 0 Å². The van der Waals surface area contributed by atoms with Gasteiger partial charge in [0.05, 0.1) is 12.8 Å². The number of benzene rings is 1. The number of H-pyrrole nitrogens is 1. The van der Waals surface area contributed by atoms with Crippen LogP contribution in [0.4, 0.5) is 5.82 Å². The summed E-state index contributed by atoms with van der Waals surface area (Å²) < 4.78 is 10.6. The average Bonchev–Trinajstić information content (AvgIpc) is 3.00. The van der Waals surface area contributed by atoms with Crippen LogP contribution in [0.2, 0.25) is 0 Å². The lowest BCUT2D eigenvalue weighted by molar-refractivity contribution is 0.0466. The van der Waals surface area contributed by atoms with Crippen molar-refractivity contribution in [1.29, 1.82) is 0 Å². The number of hydrogen-bond donors (Lipinski definition) is 2. The van der Waals surface area contributed by atoms with Crippen LogP contribution in [-0.4, -0.2) is 23.6 Å². The molecule has 0 spiro atoms. The fourth-order valence-electron chi connectivity index (χ4n) is 1.93. The van der Waals surface area contributed by atoms with Crippen LogP contribution < -0.4 is 5.73 Å². The third kappa shape index (κ3) is 1.90. The Balaban J connectivity index is 1.87. The van der Waals surface area contributed by atoms with Crippen molar-refractivity contribution in [3.8, 4) is 11.1 Å². The third-order valence-electron chi connectivity index (χ3n) is 2.88. The van der Waals surface area contributed by atoms with E-state index in [-0.39, 0.29) is 6.10 Å². The van der Waals surface area contributed by atoms with Crippen molar-refractivity contribution in [2.45, 2.75) is 6.10 Å².